The highest BCUT2D eigenvalue weighted by atomic mass is 28.3. The molecule has 1 fully saturated rings. The van der Waals surface area contributed by atoms with Gasteiger partial charge in [-0.2, -0.15) is 0 Å². The van der Waals surface area contributed by atoms with Crippen LogP contribution in [0.5, 0.6) is 0 Å². The van der Waals surface area contributed by atoms with E-state index in [1.165, 1.54) is 12.8 Å². The molecule has 2 N–H and O–H groups in total. The molecule has 2 heteroatoms. The molecular formula is C10H24OSi. The molecule has 0 aromatic carbocycles. The summed E-state index contributed by atoms with van der Waals surface area (Å²) < 4.78 is 0. The summed E-state index contributed by atoms with van der Waals surface area (Å²) in [5.41, 5.74) is 0. The summed E-state index contributed by atoms with van der Waals surface area (Å²) in [7, 11) is -0.881. The van der Waals surface area contributed by atoms with Crippen LogP contribution in [0, 0.1) is 5.92 Å². The Morgan fingerprint density at radius 1 is 1.25 bits per heavy atom. The lowest BCUT2D eigenvalue weighted by atomic mass is 9.91. The van der Waals surface area contributed by atoms with E-state index in [0.29, 0.717) is 5.04 Å². The summed E-state index contributed by atoms with van der Waals surface area (Å²) in [6, 6.07) is 1.55. The van der Waals surface area contributed by atoms with Crippen LogP contribution in [0.25, 0.3) is 0 Å². The van der Waals surface area contributed by atoms with Crippen LogP contribution in [0.4, 0.5) is 0 Å². The van der Waals surface area contributed by atoms with Gasteiger partial charge in [0.2, 0.25) is 0 Å². The highest BCUT2D eigenvalue weighted by Crippen LogP contribution is 2.52. The zero-order valence-corrected chi connectivity index (χ0v) is 10.2. The van der Waals surface area contributed by atoms with Gasteiger partial charge < -0.3 is 5.48 Å². The van der Waals surface area contributed by atoms with Crippen molar-refractivity contribution < 1.29 is 5.48 Å². The zero-order chi connectivity index (χ0) is 8.70. The molecule has 0 spiro atoms. The van der Waals surface area contributed by atoms with Gasteiger partial charge in [-0.1, -0.05) is 52.8 Å². The second-order valence-corrected chi connectivity index (χ2v) is 11.0. The van der Waals surface area contributed by atoms with E-state index < -0.39 is 8.07 Å². The third-order valence-corrected chi connectivity index (χ3v) is 10.0. The molecule has 1 aliphatic heterocycles. The average molecular weight is 188 g/mol. The predicted molar refractivity (Wildman–Crippen MR) is 58.3 cm³/mol. The largest absolute Gasteiger partial charge is 0.412 e. The number of hydrogen-bond donors (Lipinski definition) is 0. The third-order valence-electron chi connectivity index (χ3n) is 4.42. The fourth-order valence-electron chi connectivity index (χ4n) is 2.20. The second kappa shape index (κ2) is 3.50. The van der Waals surface area contributed by atoms with Crippen LogP contribution in [-0.4, -0.2) is 13.6 Å². The van der Waals surface area contributed by atoms with Gasteiger partial charge in [0, 0.05) is 0 Å². The molecule has 0 amide bonds. The lowest BCUT2D eigenvalue weighted by molar-refractivity contribution is 0.366. The molecule has 0 aromatic heterocycles. The highest BCUT2D eigenvalue weighted by molar-refractivity contribution is 6.80. The van der Waals surface area contributed by atoms with Crippen LogP contribution in [0.15, 0.2) is 0 Å². The van der Waals surface area contributed by atoms with Gasteiger partial charge in [-0.05, 0) is 11.0 Å². The Balaban J connectivity index is 0.00000121. The van der Waals surface area contributed by atoms with Gasteiger partial charge in [0.1, 0.15) is 0 Å². The quantitative estimate of drug-likeness (QED) is 0.523. The molecule has 1 nitrogen and oxygen atoms in total. The van der Waals surface area contributed by atoms with E-state index in [1.54, 1.807) is 6.04 Å². The fraction of sp³-hybridized carbons (Fsp3) is 1.00. The normalized spacial score (nSPS) is 32.2. The minimum atomic E-state index is -0.881. The second-order valence-electron chi connectivity index (χ2n) is 5.40. The van der Waals surface area contributed by atoms with Crippen molar-refractivity contribution in [3.05, 3.63) is 0 Å². The number of rotatable bonds is 0. The zero-order valence-electron chi connectivity index (χ0n) is 9.20. The van der Waals surface area contributed by atoms with E-state index in [1.807, 2.05) is 0 Å². The predicted octanol–water partition coefficient (Wildman–Crippen LogP) is 3.08. The van der Waals surface area contributed by atoms with Crippen LogP contribution in [0.1, 0.15) is 33.6 Å². The Labute approximate surface area is 77.9 Å². The van der Waals surface area contributed by atoms with Crippen LogP contribution in [-0.2, 0) is 0 Å². The molecule has 74 valence electrons. The standard InChI is InChI=1S/C10H22Si.H2O/c1-9-7-6-8-11(4,5)10(9,2)3;/h9H,6-8H2,1-5H3;1H2. The van der Waals surface area contributed by atoms with Crippen molar-refractivity contribution in [2.24, 2.45) is 5.92 Å². The van der Waals surface area contributed by atoms with E-state index in [0.717, 1.165) is 5.92 Å². The summed E-state index contributed by atoms with van der Waals surface area (Å²) in [4.78, 5) is 0. The molecule has 0 aliphatic carbocycles. The SMILES string of the molecule is CC1CCC[Si](C)(C)C1(C)C.O. The van der Waals surface area contributed by atoms with Crippen molar-refractivity contribution in [2.75, 3.05) is 0 Å². The van der Waals surface area contributed by atoms with Crippen LogP contribution < -0.4 is 0 Å². The first kappa shape index (κ1) is 12.2. The Bertz CT molecular complexity index is 152. The van der Waals surface area contributed by atoms with Crippen LogP contribution >= 0.6 is 0 Å². The third kappa shape index (κ3) is 1.74. The van der Waals surface area contributed by atoms with Crippen LogP contribution in [0.2, 0.25) is 24.2 Å². The first-order valence-electron chi connectivity index (χ1n) is 4.88. The molecule has 1 aliphatic rings. The molecule has 1 unspecified atom stereocenters. The van der Waals surface area contributed by atoms with E-state index in [9.17, 15) is 0 Å². The number of hydrogen-bond acceptors (Lipinski definition) is 0. The average Bonchev–Trinajstić information content (AvgIpc) is 1.84. The smallest absolute Gasteiger partial charge is 0.0533 e. The molecule has 1 heterocycles. The molecule has 1 saturated heterocycles. The summed E-state index contributed by atoms with van der Waals surface area (Å²) in [5.74, 6) is 0.956. The van der Waals surface area contributed by atoms with Crippen molar-refractivity contribution in [3.8, 4) is 0 Å². The summed E-state index contributed by atoms with van der Waals surface area (Å²) in [6.45, 7) is 12.5. The Morgan fingerprint density at radius 3 is 2.08 bits per heavy atom. The van der Waals surface area contributed by atoms with Crippen molar-refractivity contribution >= 4 is 8.07 Å². The Morgan fingerprint density at radius 2 is 1.75 bits per heavy atom. The Hall–Kier alpha value is 0.177. The molecular weight excluding hydrogens is 164 g/mol. The minimum absolute atomic E-state index is 0. The molecule has 1 rings (SSSR count). The van der Waals surface area contributed by atoms with Gasteiger partial charge in [-0.25, -0.2) is 0 Å². The maximum Gasteiger partial charge on any atom is 0.0533 e. The molecule has 1 atom stereocenters. The van der Waals surface area contributed by atoms with Crippen LogP contribution in [0.3, 0.4) is 0 Å². The van der Waals surface area contributed by atoms with Crippen molar-refractivity contribution in [2.45, 2.75) is 57.8 Å². The summed E-state index contributed by atoms with van der Waals surface area (Å²) >= 11 is 0. The van der Waals surface area contributed by atoms with Gasteiger partial charge in [0.05, 0.1) is 8.07 Å². The van der Waals surface area contributed by atoms with E-state index in [2.05, 4.69) is 33.9 Å². The fourth-order valence-corrected chi connectivity index (χ4v) is 5.41. The molecule has 0 radical (unpaired) electrons. The van der Waals surface area contributed by atoms with Gasteiger partial charge >= 0.3 is 0 Å². The van der Waals surface area contributed by atoms with Gasteiger partial charge in [0.25, 0.3) is 0 Å². The maximum absolute atomic E-state index is 2.56. The Kier molecular flexibility index (Phi) is 3.56. The van der Waals surface area contributed by atoms with E-state index >= 15 is 0 Å². The van der Waals surface area contributed by atoms with Gasteiger partial charge in [-0.3, -0.25) is 0 Å². The first-order valence-corrected chi connectivity index (χ1v) is 8.08. The molecule has 0 bridgehead atoms. The summed E-state index contributed by atoms with van der Waals surface area (Å²) in [6.07, 6.45) is 2.95. The first-order chi connectivity index (χ1) is 4.88. The lowest BCUT2D eigenvalue weighted by Gasteiger charge is -2.48. The topological polar surface area (TPSA) is 31.5 Å². The molecule has 12 heavy (non-hydrogen) atoms. The van der Waals surface area contributed by atoms with Gasteiger partial charge in [-0.15, -0.1) is 0 Å². The summed E-state index contributed by atoms with van der Waals surface area (Å²) in [5, 5.41) is 0.672. The van der Waals surface area contributed by atoms with Crippen molar-refractivity contribution in [1.82, 2.24) is 0 Å². The molecule has 0 aromatic rings. The minimum Gasteiger partial charge on any atom is -0.412 e. The van der Waals surface area contributed by atoms with E-state index in [4.69, 9.17) is 0 Å². The molecule has 0 saturated carbocycles. The highest BCUT2D eigenvalue weighted by Gasteiger charge is 2.44. The monoisotopic (exact) mass is 188 g/mol. The van der Waals surface area contributed by atoms with Crippen molar-refractivity contribution in [3.63, 3.8) is 0 Å². The van der Waals surface area contributed by atoms with E-state index in [-0.39, 0.29) is 5.48 Å². The van der Waals surface area contributed by atoms with Gasteiger partial charge in [0.15, 0.2) is 0 Å². The maximum atomic E-state index is 2.56. The van der Waals surface area contributed by atoms with Crippen molar-refractivity contribution in [1.29, 1.82) is 0 Å². The lowest BCUT2D eigenvalue weighted by Crippen LogP contribution is -2.45.